The smallest absolute Gasteiger partial charge is 0.0586 e. The molecule has 3 nitrogen and oxygen atoms in total. The number of hydrogen-bond acceptors (Lipinski definition) is 3. The summed E-state index contributed by atoms with van der Waals surface area (Å²) >= 11 is 0. The zero-order valence-corrected chi connectivity index (χ0v) is 13.5. The maximum Gasteiger partial charge on any atom is 0.0586 e. The first kappa shape index (κ1) is 16.9. The van der Waals surface area contributed by atoms with Gasteiger partial charge in [-0.3, -0.25) is 0 Å². The van der Waals surface area contributed by atoms with Crippen LogP contribution in [0, 0.1) is 0 Å². The van der Waals surface area contributed by atoms with Crippen molar-refractivity contribution in [2.75, 3.05) is 26.7 Å². The van der Waals surface area contributed by atoms with Crippen molar-refractivity contribution in [3.05, 3.63) is 0 Å². The van der Waals surface area contributed by atoms with Crippen molar-refractivity contribution >= 4 is 0 Å². The van der Waals surface area contributed by atoms with Crippen LogP contribution in [0.15, 0.2) is 0 Å². The Labute approximate surface area is 120 Å². The molecule has 0 aromatic carbocycles. The van der Waals surface area contributed by atoms with E-state index >= 15 is 0 Å². The van der Waals surface area contributed by atoms with Crippen LogP contribution in [0.25, 0.3) is 0 Å². The molecule has 3 heteroatoms. The molecular formula is C16H34N2O. The lowest BCUT2D eigenvalue weighted by Crippen LogP contribution is -2.41. The van der Waals surface area contributed by atoms with Gasteiger partial charge in [-0.2, -0.15) is 0 Å². The molecule has 0 aliphatic heterocycles. The highest BCUT2D eigenvalue weighted by Gasteiger charge is 2.22. The summed E-state index contributed by atoms with van der Waals surface area (Å²) in [6.45, 7) is 10.4. The molecule has 114 valence electrons. The lowest BCUT2D eigenvalue weighted by Gasteiger charge is -2.31. The fourth-order valence-electron chi connectivity index (χ4n) is 3.16. The van der Waals surface area contributed by atoms with Gasteiger partial charge in [0, 0.05) is 19.2 Å². The molecule has 1 rings (SSSR count). The van der Waals surface area contributed by atoms with Gasteiger partial charge in [0.15, 0.2) is 0 Å². The maximum absolute atomic E-state index is 5.50. The van der Waals surface area contributed by atoms with Gasteiger partial charge in [0.1, 0.15) is 0 Å². The average Bonchev–Trinajstić information content (AvgIpc) is 2.44. The minimum absolute atomic E-state index is 0.481. The quantitative estimate of drug-likeness (QED) is 0.697. The van der Waals surface area contributed by atoms with E-state index in [1.165, 1.54) is 58.2 Å². The van der Waals surface area contributed by atoms with Gasteiger partial charge >= 0.3 is 0 Å². The van der Waals surface area contributed by atoms with E-state index < -0.39 is 0 Å². The highest BCUT2D eigenvalue weighted by molar-refractivity contribution is 4.80. The first-order valence-corrected chi connectivity index (χ1v) is 8.20. The normalized spacial score (nSPS) is 25.7. The summed E-state index contributed by atoms with van der Waals surface area (Å²) in [7, 11) is 1.85. The molecule has 0 saturated heterocycles. The van der Waals surface area contributed by atoms with E-state index in [1.807, 2.05) is 7.11 Å². The van der Waals surface area contributed by atoms with Crippen LogP contribution in [0.1, 0.15) is 59.3 Å². The number of hydrogen-bond donors (Lipinski definition) is 1. The lowest BCUT2D eigenvalue weighted by molar-refractivity contribution is 0.0570. The highest BCUT2D eigenvalue weighted by atomic mass is 16.5. The number of nitrogens with zero attached hydrogens (tertiary/aromatic N) is 1. The Morgan fingerprint density at radius 3 is 2.63 bits per heavy atom. The van der Waals surface area contributed by atoms with Crippen molar-refractivity contribution in [3.8, 4) is 0 Å². The molecule has 0 amide bonds. The van der Waals surface area contributed by atoms with Crippen LogP contribution in [0.3, 0.4) is 0 Å². The third-order valence-electron chi connectivity index (χ3n) is 4.49. The van der Waals surface area contributed by atoms with Gasteiger partial charge in [0.2, 0.25) is 0 Å². The fourth-order valence-corrected chi connectivity index (χ4v) is 3.16. The van der Waals surface area contributed by atoms with E-state index in [0.717, 1.165) is 0 Å². The fraction of sp³-hybridized carbons (Fsp3) is 1.00. The summed E-state index contributed by atoms with van der Waals surface area (Å²) in [6, 6.07) is 1.30. The molecule has 0 aromatic rings. The topological polar surface area (TPSA) is 24.5 Å². The van der Waals surface area contributed by atoms with Gasteiger partial charge in [-0.25, -0.2) is 0 Å². The Bertz CT molecular complexity index is 219. The summed E-state index contributed by atoms with van der Waals surface area (Å²) in [5.41, 5.74) is 0. The van der Waals surface area contributed by atoms with E-state index in [4.69, 9.17) is 4.74 Å². The molecule has 0 bridgehead atoms. The lowest BCUT2D eigenvalue weighted by atomic mass is 9.92. The van der Waals surface area contributed by atoms with Crippen LogP contribution in [0.2, 0.25) is 0 Å². The number of methoxy groups -OCH3 is 1. The molecule has 1 N–H and O–H groups in total. The Hall–Kier alpha value is -0.120. The number of nitrogens with one attached hydrogen (secondary N) is 1. The zero-order chi connectivity index (χ0) is 14.1. The molecular weight excluding hydrogens is 236 g/mol. The molecule has 1 fully saturated rings. The van der Waals surface area contributed by atoms with Crippen LogP contribution in [-0.4, -0.2) is 49.8 Å². The van der Waals surface area contributed by atoms with Gasteiger partial charge in [-0.15, -0.1) is 0 Å². The summed E-state index contributed by atoms with van der Waals surface area (Å²) in [5.74, 6) is 0. The van der Waals surface area contributed by atoms with E-state index in [9.17, 15) is 0 Å². The van der Waals surface area contributed by atoms with E-state index in [-0.39, 0.29) is 0 Å². The molecule has 19 heavy (non-hydrogen) atoms. The van der Waals surface area contributed by atoms with Gasteiger partial charge in [-0.05, 0) is 65.1 Å². The van der Waals surface area contributed by atoms with Gasteiger partial charge < -0.3 is 15.0 Å². The second-order valence-corrected chi connectivity index (χ2v) is 5.96. The molecule has 1 aliphatic carbocycles. The van der Waals surface area contributed by atoms with Gasteiger partial charge in [-0.1, -0.05) is 13.8 Å². The highest BCUT2D eigenvalue weighted by Crippen LogP contribution is 2.21. The summed E-state index contributed by atoms with van der Waals surface area (Å²) in [4.78, 5) is 2.51. The Kier molecular flexibility index (Phi) is 8.67. The maximum atomic E-state index is 5.50. The molecule has 0 spiro atoms. The van der Waals surface area contributed by atoms with E-state index in [0.29, 0.717) is 18.2 Å². The minimum Gasteiger partial charge on any atom is -0.381 e. The Morgan fingerprint density at radius 1 is 1.26 bits per heavy atom. The zero-order valence-electron chi connectivity index (χ0n) is 13.5. The molecule has 0 radical (unpaired) electrons. The van der Waals surface area contributed by atoms with Crippen LogP contribution >= 0.6 is 0 Å². The number of ether oxygens (including phenoxy) is 1. The molecule has 1 aliphatic rings. The van der Waals surface area contributed by atoms with Crippen LogP contribution < -0.4 is 5.32 Å². The second-order valence-electron chi connectivity index (χ2n) is 5.96. The Balaban J connectivity index is 2.14. The Morgan fingerprint density at radius 2 is 2.00 bits per heavy atom. The van der Waals surface area contributed by atoms with Crippen molar-refractivity contribution in [3.63, 3.8) is 0 Å². The first-order valence-electron chi connectivity index (χ1n) is 8.20. The van der Waals surface area contributed by atoms with Crippen LogP contribution in [0.5, 0.6) is 0 Å². The second kappa shape index (κ2) is 9.73. The van der Waals surface area contributed by atoms with Crippen molar-refractivity contribution in [2.24, 2.45) is 0 Å². The predicted octanol–water partition coefficient (Wildman–Crippen LogP) is 3.04. The summed E-state index contributed by atoms with van der Waals surface area (Å²) in [6.07, 6.45) is 8.12. The van der Waals surface area contributed by atoms with Crippen LogP contribution in [0.4, 0.5) is 0 Å². The van der Waals surface area contributed by atoms with Gasteiger partial charge in [0.25, 0.3) is 0 Å². The van der Waals surface area contributed by atoms with Crippen molar-refractivity contribution < 1.29 is 4.74 Å². The third kappa shape index (κ3) is 6.73. The van der Waals surface area contributed by atoms with Crippen molar-refractivity contribution in [1.29, 1.82) is 0 Å². The summed E-state index contributed by atoms with van der Waals surface area (Å²) in [5, 5.41) is 3.79. The van der Waals surface area contributed by atoms with E-state index in [2.05, 4.69) is 31.0 Å². The SMILES string of the molecule is CCN(CC)CCCC(C)NC1CCCC(OC)C1. The molecule has 3 atom stereocenters. The standard InChI is InChI=1S/C16H34N2O/c1-5-18(6-2)12-8-9-14(3)17-15-10-7-11-16(13-15)19-4/h14-17H,5-13H2,1-4H3. The molecule has 1 saturated carbocycles. The molecule has 3 unspecified atom stereocenters. The monoisotopic (exact) mass is 270 g/mol. The minimum atomic E-state index is 0.481. The first-order chi connectivity index (χ1) is 9.19. The third-order valence-corrected chi connectivity index (χ3v) is 4.49. The molecule has 0 heterocycles. The predicted molar refractivity (Wildman–Crippen MR) is 82.7 cm³/mol. The largest absolute Gasteiger partial charge is 0.381 e. The summed E-state index contributed by atoms with van der Waals surface area (Å²) < 4.78 is 5.50. The van der Waals surface area contributed by atoms with Gasteiger partial charge in [0.05, 0.1) is 6.10 Å². The number of rotatable bonds is 9. The van der Waals surface area contributed by atoms with Crippen molar-refractivity contribution in [1.82, 2.24) is 10.2 Å². The van der Waals surface area contributed by atoms with E-state index in [1.54, 1.807) is 0 Å². The van der Waals surface area contributed by atoms with Crippen LogP contribution in [-0.2, 0) is 4.74 Å². The average molecular weight is 270 g/mol. The molecule has 0 aromatic heterocycles. The van der Waals surface area contributed by atoms with Crippen molar-refractivity contribution in [2.45, 2.75) is 77.5 Å².